The van der Waals surface area contributed by atoms with Crippen LogP contribution < -0.4 is 5.73 Å². The molecule has 3 N–H and O–H groups in total. The maximum Gasteiger partial charge on any atom is 0.0858 e. The van der Waals surface area contributed by atoms with E-state index >= 15 is 0 Å². The second kappa shape index (κ2) is 5.94. The topological polar surface area (TPSA) is 46.2 Å². The van der Waals surface area contributed by atoms with Gasteiger partial charge in [-0.25, -0.2) is 0 Å². The molecule has 1 fully saturated rings. The molecule has 1 aromatic rings. The van der Waals surface area contributed by atoms with Crippen LogP contribution in [0.15, 0.2) is 22.7 Å². The Morgan fingerprint density at radius 3 is 2.79 bits per heavy atom. The average molecular weight is 326 g/mol. The first-order valence-electron chi connectivity index (χ1n) is 7.16. The van der Waals surface area contributed by atoms with E-state index < -0.39 is 6.10 Å². The molecular weight excluding hydrogens is 302 g/mol. The van der Waals surface area contributed by atoms with Crippen molar-refractivity contribution in [3.8, 4) is 0 Å². The van der Waals surface area contributed by atoms with Crippen molar-refractivity contribution in [1.82, 2.24) is 0 Å². The number of aryl methyl sites for hydroxylation is 1. The zero-order chi connectivity index (χ0) is 14.0. The second-order valence-corrected chi connectivity index (χ2v) is 6.85. The summed E-state index contributed by atoms with van der Waals surface area (Å²) in [5.74, 6) is 0.717. The number of hydrogen-bond acceptors (Lipinski definition) is 2. The Bertz CT molecular complexity index is 448. The molecule has 0 spiro atoms. The van der Waals surface area contributed by atoms with Gasteiger partial charge in [0.15, 0.2) is 0 Å². The van der Waals surface area contributed by atoms with Gasteiger partial charge >= 0.3 is 0 Å². The van der Waals surface area contributed by atoms with Crippen LogP contribution in [0.25, 0.3) is 0 Å². The Morgan fingerprint density at radius 1 is 1.53 bits per heavy atom. The second-order valence-electron chi connectivity index (χ2n) is 5.99. The number of aliphatic hydroxyl groups is 1. The summed E-state index contributed by atoms with van der Waals surface area (Å²) < 4.78 is 1.09. The van der Waals surface area contributed by atoms with Crippen LogP contribution in [0.4, 0.5) is 0 Å². The highest BCUT2D eigenvalue weighted by atomic mass is 79.9. The molecule has 1 aromatic carbocycles. The van der Waals surface area contributed by atoms with Gasteiger partial charge in [0.1, 0.15) is 0 Å². The van der Waals surface area contributed by atoms with Gasteiger partial charge in [0.05, 0.1) is 6.10 Å². The van der Waals surface area contributed by atoms with Crippen LogP contribution in [0.3, 0.4) is 0 Å². The van der Waals surface area contributed by atoms with E-state index in [1.807, 2.05) is 12.1 Å². The van der Waals surface area contributed by atoms with Gasteiger partial charge in [0.25, 0.3) is 0 Å². The maximum atomic E-state index is 10.8. The van der Waals surface area contributed by atoms with E-state index in [0.717, 1.165) is 34.4 Å². The summed E-state index contributed by atoms with van der Waals surface area (Å²) in [6.07, 6.45) is 4.03. The van der Waals surface area contributed by atoms with Gasteiger partial charge in [-0.1, -0.05) is 41.4 Å². The lowest BCUT2D eigenvalue weighted by atomic mass is 9.76. The lowest BCUT2D eigenvalue weighted by Gasteiger charge is -2.34. The van der Waals surface area contributed by atoms with Gasteiger partial charge in [0, 0.05) is 16.4 Å². The van der Waals surface area contributed by atoms with E-state index in [-0.39, 0.29) is 5.41 Å². The quantitative estimate of drug-likeness (QED) is 0.880. The Balaban J connectivity index is 2.25. The van der Waals surface area contributed by atoms with Crippen molar-refractivity contribution in [2.45, 2.75) is 45.6 Å². The summed E-state index contributed by atoms with van der Waals surface area (Å²) in [5.41, 5.74) is 8.06. The first-order valence-corrected chi connectivity index (χ1v) is 7.96. The van der Waals surface area contributed by atoms with Gasteiger partial charge in [0.2, 0.25) is 0 Å². The Hall–Kier alpha value is -0.380. The molecule has 1 aliphatic rings. The molecule has 0 saturated heterocycles. The molecule has 0 amide bonds. The molecule has 3 heteroatoms. The van der Waals surface area contributed by atoms with Crippen LogP contribution in [-0.2, 0) is 0 Å². The lowest BCUT2D eigenvalue weighted by Crippen LogP contribution is -2.34. The van der Waals surface area contributed by atoms with Crippen molar-refractivity contribution in [3.05, 3.63) is 33.8 Å². The largest absolute Gasteiger partial charge is 0.388 e. The molecule has 0 radical (unpaired) electrons. The summed E-state index contributed by atoms with van der Waals surface area (Å²) in [5, 5.41) is 10.8. The van der Waals surface area contributed by atoms with Crippen molar-refractivity contribution in [2.75, 3.05) is 6.54 Å². The minimum Gasteiger partial charge on any atom is -0.388 e. The van der Waals surface area contributed by atoms with Gasteiger partial charge in [-0.05, 0) is 49.3 Å². The van der Waals surface area contributed by atoms with Crippen molar-refractivity contribution >= 4 is 15.9 Å². The molecule has 3 unspecified atom stereocenters. The molecule has 106 valence electrons. The van der Waals surface area contributed by atoms with E-state index in [1.54, 1.807) is 0 Å². The zero-order valence-corrected chi connectivity index (χ0v) is 13.4. The third-order valence-electron chi connectivity index (χ3n) is 4.81. The number of hydrogen-bond donors (Lipinski definition) is 2. The van der Waals surface area contributed by atoms with E-state index in [1.165, 1.54) is 12.8 Å². The zero-order valence-electron chi connectivity index (χ0n) is 11.8. The molecule has 2 rings (SSSR count). The molecule has 19 heavy (non-hydrogen) atoms. The number of rotatable bonds is 4. The van der Waals surface area contributed by atoms with Gasteiger partial charge in [-0.3, -0.25) is 0 Å². The average Bonchev–Trinajstić information content (AvgIpc) is 2.86. The van der Waals surface area contributed by atoms with Crippen molar-refractivity contribution in [1.29, 1.82) is 0 Å². The van der Waals surface area contributed by atoms with E-state index in [9.17, 15) is 5.11 Å². The minimum absolute atomic E-state index is 0.124. The maximum absolute atomic E-state index is 10.8. The summed E-state index contributed by atoms with van der Waals surface area (Å²) in [7, 11) is 0. The van der Waals surface area contributed by atoms with Crippen molar-refractivity contribution in [2.24, 2.45) is 17.1 Å². The SMILES string of the molecule is CCC1CCC(CN)(C(O)c2ccc(Br)c(C)c2)C1. The standard InChI is InChI=1S/C16H24BrNO/c1-3-12-6-7-16(9-12,10-18)15(19)13-4-5-14(17)11(2)8-13/h4-5,8,12,15,19H,3,6-7,9-10,18H2,1-2H3. The summed E-state index contributed by atoms with van der Waals surface area (Å²) >= 11 is 3.51. The fraction of sp³-hybridized carbons (Fsp3) is 0.625. The molecule has 0 heterocycles. The molecule has 1 aliphatic carbocycles. The summed E-state index contributed by atoms with van der Waals surface area (Å²) in [6, 6.07) is 6.11. The number of nitrogens with two attached hydrogens (primary N) is 1. The molecule has 0 bridgehead atoms. The fourth-order valence-corrected chi connectivity index (χ4v) is 3.60. The highest BCUT2D eigenvalue weighted by molar-refractivity contribution is 9.10. The number of aliphatic hydroxyl groups excluding tert-OH is 1. The summed E-state index contributed by atoms with van der Waals surface area (Å²) in [6.45, 7) is 4.85. The first-order chi connectivity index (χ1) is 9.02. The van der Waals surface area contributed by atoms with Crippen LogP contribution in [0.2, 0.25) is 0 Å². The van der Waals surface area contributed by atoms with Crippen molar-refractivity contribution in [3.63, 3.8) is 0 Å². The Kier molecular flexibility index (Phi) is 4.70. The van der Waals surface area contributed by atoms with Gasteiger partial charge in [-0.15, -0.1) is 0 Å². The van der Waals surface area contributed by atoms with E-state index in [2.05, 4.69) is 35.8 Å². The Labute approximate surface area is 124 Å². The van der Waals surface area contributed by atoms with Crippen LogP contribution in [-0.4, -0.2) is 11.7 Å². The molecule has 0 aromatic heterocycles. The van der Waals surface area contributed by atoms with Crippen LogP contribution in [0.1, 0.15) is 49.8 Å². The highest BCUT2D eigenvalue weighted by Gasteiger charge is 2.43. The Morgan fingerprint density at radius 2 is 2.26 bits per heavy atom. The van der Waals surface area contributed by atoms with Crippen LogP contribution in [0, 0.1) is 18.3 Å². The van der Waals surface area contributed by atoms with E-state index in [4.69, 9.17) is 5.73 Å². The monoisotopic (exact) mass is 325 g/mol. The summed E-state index contributed by atoms with van der Waals surface area (Å²) in [4.78, 5) is 0. The third-order valence-corrected chi connectivity index (χ3v) is 5.70. The lowest BCUT2D eigenvalue weighted by molar-refractivity contribution is 0.0301. The smallest absolute Gasteiger partial charge is 0.0858 e. The van der Waals surface area contributed by atoms with E-state index in [0.29, 0.717) is 6.54 Å². The number of halogens is 1. The van der Waals surface area contributed by atoms with Crippen LogP contribution in [0.5, 0.6) is 0 Å². The molecule has 2 nitrogen and oxygen atoms in total. The normalized spacial score (nSPS) is 28.6. The molecular formula is C16H24BrNO. The van der Waals surface area contributed by atoms with Gasteiger partial charge in [-0.2, -0.15) is 0 Å². The highest BCUT2D eigenvalue weighted by Crippen LogP contribution is 2.50. The molecule has 0 aliphatic heterocycles. The fourth-order valence-electron chi connectivity index (χ4n) is 3.36. The third kappa shape index (κ3) is 2.88. The molecule has 1 saturated carbocycles. The van der Waals surface area contributed by atoms with Crippen LogP contribution >= 0.6 is 15.9 Å². The predicted molar refractivity (Wildman–Crippen MR) is 83.0 cm³/mol. The predicted octanol–water partition coefficient (Wildman–Crippen LogP) is 3.95. The van der Waals surface area contributed by atoms with Crippen molar-refractivity contribution < 1.29 is 5.11 Å². The minimum atomic E-state index is -0.444. The molecule has 3 atom stereocenters. The first kappa shape index (κ1) is 15.0. The van der Waals surface area contributed by atoms with Gasteiger partial charge < -0.3 is 10.8 Å². The number of benzene rings is 1.